The number of sulfonamides is 1. The summed E-state index contributed by atoms with van der Waals surface area (Å²) in [5.41, 5.74) is 1.64. The van der Waals surface area contributed by atoms with Crippen molar-refractivity contribution in [1.82, 2.24) is 10.2 Å². The maximum atomic E-state index is 13.7. The van der Waals surface area contributed by atoms with Crippen LogP contribution in [0.25, 0.3) is 0 Å². The molecule has 2 amide bonds. The van der Waals surface area contributed by atoms with Gasteiger partial charge in [0.1, 0.15) is 18.3 Å². The molecule has 0 aliphatic rings. The number of nitrogens with one attached hydrogen (secondary N) is 1. The third kappa shape index (κ3) is 7.99. The van der Waals surface area contributed by atoms with Crippen molar-refractivity contribution in [3.63, 3.8) is 0 Å². The average molecular weight is 504 g/mol. The van der Waals surface area contributed by atoms with E-state index in [9.17, 15) is 18.0 Å². The molecule has 0 spiro atoms. The Bertz CT molecular complexity index is 1140. The molecule has 8 nitrogen and oxygen atoms in total. The normalized spacial score (nSPS) is 12.5. The minimum atomic E-state index is -3.83. The molecule has 0 heterocycles. The molecule has 2 aromatic carbocycles. The number of carbonyl (C=O) groups is 2. The Kier molecular flexibility index (Phi) is 9.31. The van der Waals surface area contributed by atoms with Crippen molar-refractivity contribution in [3.05, 3.63) is 59.7 Å². The number of carbonyl (C=O) groups excluding carboxylic acids is 2. The fraction of sp³-hybridized carbons (Fsp3) is 0.462. The summed E-state index contributed by atoms with van der Waals surface area (Å²) in [6, 6.07) is 13.5. The van der Waals surface area contributed by atoms with Crippen LogP contribution in [0, 0.1) is 6.92 Å². The quantitative estimate of drug-likeness (QED) is 0.535. The lowest BCUT2D eigenvalue weighted by Gasteiger charge is -2.34. The zero-order valence-corrected chi connectivity index (χ0v) is 22.5. The van der Waals surface area contributed by atoms with Gasteiger partial charge in [0.15, 0.2) is 0 Å². The molecule has 0 radical (unpaired) electrons. The Balaban J connectivity index is 2.50. The number of amides is 2. The van der Waals surface area contributed by atoms with Crippen LogP contribution in [-0.2, 0) is 26.2 Å². The first kappa shape index (κ1) is 28.2. The number of rotatable bonds is 10. The molecule has 0 aromatic heterocycles. The average Bonchev–Trinajstić information content (AvgIpc) is 2.75. The zero-order valence-electron chi connectivity index (χ0n) is 21.7. The van der Waals surface area contributed by atoms with Crippen molar-refractivity contribution < 1.29 is 22.7 Å². The fourth-order valence-electron chi connectivity index (χ4n) is 3.81. The van der Waals surface area contributed by atoms with Gasteiger partial charge in [0, 0.05) is 12.1 Å². The Morgan fingerprint density at radius 1 is 1.09 bits per heavy atom. The lowest BCUT2D eigenvalue weighted by Crippen LogP contribution is -2.55. The number of ether oxygens (including phenoxy) is 1. The molecule has 0 aliphatic heterocycles. The van der Waals surface area contributed by atoms with Gasteiger partial charge >= 0.3 is 0 Å². The predicted molar refractivity (Wildman–Crippen MR) is 139 cm³/mol. The number of hydrogen-bond donors (Lipinski definition) is 1. The van der Waals surface area contributed by atoms with Gasteiger partial charge in [-0.25, -0.2) is 8.42 Å². The smallest absolute Gasteiger partial charge is 0.244 e. The standard InChI is InChI=1S/C26H37N3O5S/c1-8-21(25(31)27-26(3,4)5)28(17-20-13-11-12-19(2)16-20)24(30)18-29(35(7,32)33)22-14-9-10-15-23(22)34-6/h9-16,21H,8,17-18H2,1-7H3,(H,27,31)/t21-/m1/s1. The maximum Gasteiger partial charge on any atom is 0.244 e. The summed E-state index contributed by atoms with van der Waals surface area (Å²) in [7, 11) is -2.40. The van der Waals surface area contributed by atoms with Gasteiger partial charge in [-0.3, -0.25) is 13.9 Å². The highest BCUT2D eigenvalue weighted by atomic mass is 32.2. The monoisotopic (exact) mass is 503 g/mol. The molecule has 192 valence electrons. The molecule has 0 saturated heterocycles. The number of hydrogen-bond acceptors (Lipinski definition) is 5. The number of anilines is 1. The minimum absolute atomic E-state index is 0.167. The lowest BCUT2D eigenvalue weighted by molar-refractivity contribution is -0.141. The third-order valence-electron chi connectivity index (χ3n) is 5.35. The van der Waals surface area contributed by atoms with Gasteiger partial charge in [-0.1, -0.05) is 48.9 Å². The molecule has 0 fully saturated rings. The predicted octanol–water partition coefficient (Wildman–Crippen LogP) is 3.49. The highest BCUT2D eigenvalue weighted by Gasteiger charge is 2.33. The number of aryl methyl sites for hydroxylation is 1. The first-order valence-corrected chi connectivity index (χ1v) is 13.4. The van der Waals surface area contributed by atoms with Crippen LogP contribution < -0.4 is 14.4 Å². The molecule has 0 aliphatic carbocycles. The van der Waals surface area contributed by atoms with Crippen LogP contribution in [0.2, 0.25) is 0 Å². The molecule has 9 heteroatoms. The van der Waals surface area contributed by atoms with Crippen molar-refractivity contribution in [3.8, 4) is 5.75 Å². The number of benzene rings is 2. The largest absolute Gasteiger partial charge is 0.495 e. The van der Waals surface area contributed by atoms with E-state index in [2.05, 4.69) is 5.32 Å². The molecule has 0 bridgehead atoms. The van der Waals surface area contributed by atoms with Crippen molar-refractivity contribution >= 4 is 27.5 Å². The van der Waals surface area contributed by atoms with Crippen LogP contribution >= 0.6 is 0 Å². The molecular formula is C26H37N3O5S. The second-order valence-corrected chi connectivity index (χ2v) is 11.5. The van der Waals surface area contributed by atoms with Crippen molar-refractivity contribution in [2.45, 2.75) is 59.2 Å². The van der Waals surface area contributed by atoms with Gasteiger partial charge in [0.25, 0.3) is 0 Å². The summed E-state index contributed by atoms with van der Waals surface area (Å²) in [5, 5.41) is 2.95. The lowest BCUT2D eigenvalue weighted by atomic mass is 10.0. The van der Waals surface area contributed by atoms with Gasteiger partial charge in [-0.15, -0.1) is 0 Å². The minimum Gasteiger partial charge on any atom is -0.495 e. The van der Waals surface area contributed by atoms with E-state index in [4.69, 9.17) is 4.74 Å². The summed E-state index contributed by atoms with van der Waals surface area (Å²) in [6.07, 6.45) is 1.41. The van der Waals surface area contributed by atoms with Crippen molar-refractivity contribution in [1.29, 1.82) is 0 Å². The molecule has 0 unspecified atom stereocenters. The summed E-state index contributed by atoms with van der Waals surface area (Å²) in [6.45, 7) is 9.10. The number of methoxy groups -OCH3 is 1. The zero-order chi connectivity index (χ0) is 26.4. The van der Waals surface area contributed by atoms with Crippen LogP contribution in [0.5, 0.6) is 5.75 Å². The molecule has 1 atom stereocenters. The summed E-state index contributed by atoms with van der Waals surface area (Å²) < 4.78 is 31.8. The topological polar surface area (TPSA) is 96.0 Å². The van der Waals surface area contributed by atoms with Crippen LogP contribution in [0.15, 0.2) is 48.5 Å². The molecule has 2 rings (SSSR count). The Morgan fingerprint density at radius 3 is 2.29 bits per heavy atom. The third-order valence-corrected chi connectivity index (χ3v) is 6.48. The summed E-state index contributed by atoms with van der Waals surface area (Å²) in [4.78, 5) is 28.4. The van der Waals surface area contributed by atoms with Gasteiger partial charge in [0.05, 0.1) is 19.1 Å². The second-order valence-electron chi connectivity index (χ2n) is 9.62. The first-order valence-electron chi connectivity index (χ1n) is 11.5. The van der Waals surface area contributed by atoms with Gasteiger partial charge in [-0.2, -0.15) is 0 Å². The van der Waals surface area contributed by atoms with E-state index in [-0.39, 0.29) is 18.1 Å². The van der Waals surface area contributed by atoms with Gasteiger partial charge in [0.2, 0.25) is 21.8 Å². The second kappa shape index (κ2) is 11.6. The fourth-order valence-corrected chi connectivity index (χ4v) is 4.66. The highest BCUT2D eigenvalue weighted by Crippen LogP contribution is 2.29. The van der Waals surface area contributed by atoms with E-state index in [1.165, 1.54) is 12.0 Å². The molecule has 0 saturated carbocycles. The maximum absolute atomic E-state index is 13.7. The van der Waals surface area contributed by atoms with Crippen molar-refractivity contribution in [2.75, 3.05) is 24.2 Å². The van der Waals surface area contributed by atoms with Crippen LogP contribution in [0.4, 0.5) is 5.69 Å². The van der Waals surface area contributed by atoms with E-state index in [0.29, 0.717) is 12.2 Å². The highest BCUT2D eigenvalue weighted by molar-refractivity contribution is 7.92. The van der Waals surface area contributed by atoms with Crippen LogP contribution in [0.1, 0.15) is 45.2 Å². The number of para-hydroxylation sites is 2. The molecule has 35 heavy (non-hydrogen) atoms. The van der Waals surface area contributed by atoms with E-state index < -0.39 is 34.1 Å². The Morgan fingerprint density at radius 2 is 1.74 bits per heavy atom. The van der Waals surface area contributed by atoms with Gasteiger partial charge in [-0.05, 0) is 51.8 Å². The summed E-state index contributed by atoms with van der Waals surface area (Å²) >= 11 is 0. The van der Waals surface area contributed by atoms with E-state index >= 15 is 0 Å². The molecule has 1 N–H and O–H groups in total. The van der Waals surface area contributed by atoms with Crippen LogP contribution in [-0.4, -0.2) is 56.6 Å². The Hall–Kier alpha value is -3.07. The van der Waals surface area contributed by atoms with E-state index in [1.54, 1.807) is 24.3 Å². The van der Waals surface area contributed by atoms with E-state index in [0.717, 1.165) is 21.7 Å². The van der Waals surface area contributed by atoms with Crippen LogP contribution in [0.3, 0.4) is 0 Å². The van der Waals surface area contributed by atoms with Crippen molar-refractivity contribution in [2.24, 2.45) is 0 Å². The molecular weight excluding hydrogens is 466 g/mol. The summed E-state index contributed by atoms with van der Waals surface area (Å²) in [5.74, 6) is -0.448. The molecule has 2 aromatic rings. The van der Waals surface area contributed by atoms with Gasteiger partial charge < -0.3 is 15.0 Å². The number of nitrogens with zero attached hydrogens (tertiary/aromatic N) is 2. The van der Waals surface area contributed by atoms with E-state index in [1.807, 2.05) is 58.9 Å². The SMILES string of the molecule is CC[C@H](C(=O)NC(C)(C)C)N(Cc1cccc(C)c1)C(=O)CN(c1ccccc1OC)S(C)(=O)=O. The Labute approximate surface area is 209 Å². The first-order chi connectivity index (χ1) is 16.3.